The summed E-state index contributed by atoms with van der Waals surface area (Å²) in [7, 11) is 1.91. The highest BCUT2D eigenvalue weighted by Gasteiger charge is 2.17. The fourth-order valence-electron chi connectivity index (χ4n) is 1.90. The van der Waals surface area contributed by atoms with E-state index in [0.29, 0.717) is 11.3 Å². The Morgan fingerprint density at radius 3 is 2.72 bits per heavy atom. The molecule has 0 radical (unpaired) electrons. The molecule has 0 aliphatic carbocycles. The minimum atomic E-state index is 0.117. The fraction of sp³-hybridized carbons (Fsp3) is 0.462. The van der Waals surface area contributed by atoms with Gasteiger partial charge in [-0.25, -0.2) is 0 Å². The maximum atomic E-state index is 6.00. The molecule has 0 amide bonds. The molecule has 5 heteroatoms. The third-order valence-corrected chi connectivity index (χ3v) is 3.28. The van der Waals surface area contributed by atoms with Crippen LogP contribution in [0, 0.1) is 0 Å². The molecule has 18 heavy (non-hydrogen) atoms. The van der Waals surface area contributed by atoms with Crippen LogP contribution in [0.5, 0.6) is 0 Å². The van der Waals surface area contributed by atoms with Crippen molar-refractivity contribution in [2.45, 2.75) is 32.4 Å². The molecule has 0 bridgehead atoms. The largest absolute Gasteiger partial charge is 0.453 e. The summed E-state index contributed by atoms with van der Waals surface area (Å²) in [5.74, 6) is 0. The zero-order valence-electron chi connectivity index (χ0n) is 10.9. The lowest BCUT2D eigenvalue weighted by Crippen LogP contribution is -2.19. The molecular formula is C13H18ClN3O. The Morgan fingerprint density at radius 2 is 2.22 bits per heavy atom. The molecule has 0 saturated carbocycles. The summed E-state index contributed by atoms with van der Waals surface area (Å²) in [5, 5.41) is 8.22. The van der Waals surface area contributed by atoms with E-state index < -0.39 is 0 Å². The maximum Gasteiger partial charge on any atom is 0.197 e. The maximum absolute atomic E-state index is 6.00. The first-order chi connectivity index (χ1) is 8.61. The SMILES string of the molecule is CNC(Cc1ccn(C(C)C)n1)c1ccoc1Cl. The second kappa shape index (κ2) is 5.59. The summed E-state index contributed by atoms with van der Waals surface area (Å²) in [6.07, 6.45) is 4.40. The number of likely N-dealkylation sites (N-methyl/N-ethyl adjacent to an activating group) is 1. The van der Waals surface area contributed by atoms with Crippen molar-refractivity contribution in [3.8, 4) is 0 Å². The zero-order chi connectivity index (χ0) is 13.1. The van der Waals surface area contributed by atoms with Gasteiger partial charge in [0.25, 0.3) is 0 Å². The monoisotopic (exact) mass is 267 g/mol. The average molecular weight is 268 g/mol. The van der Waals surface area contributed by atoms with E-state index in [0.717, 1.165) is 17.7 Å². The number of hydrogen-bond donors (Lipinski definition) is 1. The lowest BCUT2D eigenvalue weighted by Gasteiger charge is -2.13. The molecule has 0 fully saturated rings. The third kappa shape index (κ3) is 2.76. The summed E-state index contributed by atoms with van der Waals surface area (Å²) in [5.41, 5.74) is 2.01. The van der Waals surface area contributed by atoms with Crippen LogP contribution in [0.15, 0.2) is 29.0 Å². The topological polar surface area (TPSA) is 43.0 Å². The van der Waals surface area contributed by atoms with Crippen molar-refractivity contribution >= 4 is 11.6 Å². The summed E-state index contributed by atoms with van der Waals surface area (Å²) in [4.78, 5) is 0. The molecule has 98 valence electrons. The van der Waals surface area contributed by atoms with Gasteiger partial charge in [0.05, 0.1) is 12.0 Å². The summed E-state index contributed by atoms with van der Waals surface area (Å²) < 4.78 is 7.09. The molecule has 0 aromatic carbocycles. The van der Waals surface area contributed by atoms with Crippen molar-refractivity contribution in [3.05, 3.63) is 41.1 Å². The summed E-state index contributed by atoms with van der Waals surface area (Å²) >= 11 is 6.00. The summed E-state index contributed by atoms with van der Waals surface area (Å²) in [6.45, 7) is 4.22. The molecule has 1 atom stereocenters. The third-order valence-electron chi connectivity index (χ3n) is 2.98. The average Bonchev–Trinajstić information content (AvgIpc) is 2.95. The van der Waals surface area contributed by atoms with Gasteiger partial charge < -0.3 is 9.73 Å². The highest BCUT2D eigenvalue weighted by atomic mass is 35.5. The zero-order valence-corrected chi connectivity index (χ0v) is 11.6. The number of aromatic nitrogens is 2. The molecule has 0 aliphatic rings. The van der Waals surface area contributed by atoms with Gasteiger partial charge in [-0.05, 0) is 44.6 Å². The minimum Gasteiger partial charge on any atom is -0.453 e. The molecule has 4 nitrogen and oxygen atoms in total. The number of hydrogen-bond acceptors (Lipinski definition) is 3. The Labute approximate surface area is 112 Å². The van der Waals surface area contributed by atoms with Crippen LogP contribution in [0.2, 0.25) is 5.22 Å². The minimum absolute atomic E-state index is 0.117. The van der Waals surface area contributed by atoms with Crippen LogP contribution in [0.1, 0.15) is 37.2 Å². The van der Waals surface area contributed by atoms with Crippen molar-refractivity contribution in [3.63, 3.8) is 0 Å². The van der Waals surface area contributed by atoms with Gasteiger partial charge in [-0.2, -0.15) is 5.10 Å². The Morgan fingerprint density at radius 1 is 1.44 bits per heavy atom. The molecule has 0 aliphatic heterocycles. The first-order valence-corrected chi connectivity index (χ1v) is 6.43. The van der Waals surface area contributed by atoms with Gasteiger partial charge in [0, 0.05) is 30.3 Å². The van der Waals surface area contributed by atoms with Gasteiger partial charge in [-0.1, -0.05) is 0 Å². The Bertz CT molecular complexity index is 504. The molecule has 0 spiro atoms. The van der Waals surface area contributed by atoms with Gasteiger partial charge in [0.15, 0.2) is 5.22 Å². The molecule has 1 N–H and O–H groups in total. The Balaban J connectivity index is 2.13. The van der Waals surface area contributed by atoms with Crippen molar-refractivity contribution in [2.75, 3.05) is 7.05 Å². The Kier molecular flexibility index (Phi) is 4.09. The van der Waals surface area contributed by atoms with Gasteiger partial charge in [0.2, 0.25) is 0 Å². The predicted octanol–water partition coefficient (Wildman–Crippen LogP) is 3.21. The van der Waals surface area contributed by atoms with Crippen LogP contribution in [0.3, 0.4) is 0 Å². The molecule has 2 heterocycles. The quantitative estimate of drug-likeness (QED) is 0.905. The van der Waals surface area contributed by atoms with Crippen molar-refractivity contribution in [2.24, 2.45) is 0 Å². The van der Waals surface area contributed by atoms with E-state index in [1.165, 1.54) is 0 Å². The standard InChI is InChI=1S/C13H18ClN3O/c1-9(2)17-6-4-10(16-17)8-12(15-3)11-5-7-18-13(11)14/h4-7,9,12,15H,8H2,1-3H3. The van der Waals surface area contributed by atoms with E-state index in [9.17, 15) is 0 Å². The van der Waals surface area contributed by atoms with E-state index in [2.05, 4.69) is 24.3 Å². The molecule has 2 aromatic rings. The smallest absolute Gasteiger partial charge is 0.197 e. The first kappa shape index (κ1) is 13.2. The predicted molar refractivity (Wildman–Crippen MR) is 71.8 cm³/mol. The van der Waals surface area contributed by atoms with E-state index in [-0.39, 0.29) is 6.04 Å². The number of nitrogens with zero attached hydrogens (tertiary/aromatic N) is 2. The highest BCUT2D eigenvalue weighted by Crippen LogP contribution is 2.26. The second-order valence-electron chi connectivity index (χ2n) is 4.58. The molecule has 0 saturated heterocycles. The Hall–Kier alpha value is -1.26. The van der Waals surface area contributed by atoms with Crippen molar-refractivity contribution in [1.29, 1.82) is 0 Å². The number of furan rings is 1. The van der Waals surface area contributed by atoms with Gasteiger partial charge in [0.1, 0.15) is 0 Å². The normalized spacial score (nSPS) is 13.2. The number of rotatable bonds is 5. The van der Waals surface area contributed by atoms with Gasteiger partial charge >= 0.3 is 0 Å². The van der Waals surface area contributed by atoms with E-state index >= 15 is 0 Å². The second-order valence-corrected chi connectivity index (χ2v) is 4.92. The lowest BCUT2D eigenvalue weighted by atomic mass is 10.1. The first-order valence-electron chi connectivity index (χ1n) is 6.06. The molecule has 2 aromatic heterocycles. The van der Waals surface area contributed by atoms with E-state index in [1.807, 2.05) is 30.1 Å². The number of nitrogens with one attached hydrogen (secondary N) is 1. The van der Waals surface area contributed by atoms with Crippen LogP contribution in [0.25, 0.3) is 0 Å². The van der Waals surface area contributed by atoms with Crippen LogP contribution in [-0.4, -0.2) is 16.8 Å². The van der Waals surface area contributed by atoms with Crippen LogP contribution in [-0.2, 0) is 6.42 Å². The molecule has 1 unspecified atom stereocenters. The van der Waals surface area contributed by atoms with E-state index in [4.69, 9.17) is 16.0 Å². The summed E-state index contributed by atoms with van der Waals surface area (Å²) in [6, 6.07) is 4.43. The lowest BCUT2D eigenvalue weighted by molar-refractivity contribution is 0.511. The van der Waals surface area contributed by atoms with Crippen LogP contribution in [0.4, 0.5) is 0 Å². The van der Waals surface area contributed by atoms with Crippen molar-refractivity contribution in [1.82, 2.24) is 15.1 Å². The van der Waals surface area contributed by atoms with Crippen LogP contribution < -0.4 is 5.32 Å². The molecular weight excluding hydrogens is 250 g/mol. The highest BCUT2D eigenvalue weighted by molar-refractivity contribution is 6.29. The fourth-order valence-corrected chi connectivity index (χ4v) is 2.15. The van der Waals surface area contributed by atoms with Crippen molar-refractivity contribution < 1.29 is 4.42 Å². The number of halogens is 1. The van der Waals surface area contributed by atoms with E-state index in [1.54, 1.807) is 6.26 Å². The van der Waals surface area contributed by atoms with Gasteiger partial charge in [-0.3, -0.25) is 4.68 Å². The van der Waals surface area contributed by atoms with Crippen LogP contribution >= 0.6 is 11.6 Å². The van der Waals surface area contributed by atoms with Gasteiger partial charge in [-0.15, -0.1) is 0 Å². The molecule has 2 rings (SSSR count).